The van der Waals surface area contributed by atoms with Gasteiger partial charge in [0.1, 0.15) is 5.60 Å². The molecule has 0 fully saturated rings. The first-order chi connectivity index (χ1) is 10.3. The van der Waals surface area contributed by atoms with Gasteiger partial charge in [-0.15, -0.1) is 0 Å². The predicted octanol–water partition coefficient (Wildman–Crippen LogP) is 3.72. The normalized spacial score (nSPS) is 12.7. The standard InChI is InChI=1S/C19H21NO2/c1-19(2,3)22-18(21)16-10-13(14-11-15(14)17(16)20)9-12-7-5-4-6-8-12/h4-8,10H,9,11,20H2,1-3H3. The molecule has 0 saturated carbocycles. The van der Waals surface area contributed by atoms with Crippen LogP contribution < -0.4 is 5.73 Å². The Morgan fingerprint density at radius 1 is 1.18 bits per heavy atom. The van der Waals surface area contributed by atoms with Crippen LogP contribution in [0, 0.1) is 0 Å². The van der Waals surface area contributed by atoms with Crippen molar-refractivity contribution < 1.29 is 9.53 Å². The fraction of sp³-hybridized carbons (Fsp3) is 0.316. The van der Waals surface area contributed by atoms with Gasteiger partial charge in [-0.2, -0.15) is 0 Å². The zero-order valence-electron chi connectivity index (χ0n) is 13.3. The van der Waals surface area contributed by atoms with Crippen LogP contribution in [0.4, 0.5) is 5.69 Å². The summed E-state index contributed by atoms with van der Waals surface area (Å²) in [6.07, 6.45) is 1.70. The number of carbonyl (C=O) groups excluding carboxylic acids is 1. The summed E-state index contributed by atoms with van der Waals surface area (Å²) in [4.78, 5) is 12.4. The lowest BCUT2D eigenvalue weighted by Gasteiger charge is -2.20. The molecule has 0 unspecified atom stereocenters. The molecule has 2 aromatic rings. The van der Waals surface area contributed by atoms with Gasteiger partial charge in [0, 0.05) is 12.1 Å². The zero-order valence-corrected chi connectivity index (χ0v) is 13.3. The third-order valence-electron chi connectivity index (χ3n) is 3.77. The van der Waals surface area contributed by atoms with Crippen molar-refractivity contribution in [2.45, 2.75) is 39.2 Å². The van der Waals surface area contributed by atoms with E-state index in [0.29, 0.717) is 11.3 Å². The molecule has 3 heteroatoms. The number of ether oxygens (including phenoxy) is 1. The third kappa shape index (κ3) is 2.98. The Hall–Kier alpha value is -2.29. The number of nitrogen functional groups attached to an aromatic ring is 1. The van der Waals surface area contributed by atoms with E-state index in [1.54, 1.807) is 0 Å². The van der Waals surface area contributed by atoms with Crippen LogP contribution in [0.3, 0.4) is 0 Å². The molecule has 0 aliphatic heterocycles. The third-order valence-corrected chi connectivity index (χ3v) is 3.77. The second kappa shape index (κ2) is 5.16. The Bertz CT molecular complexity index is 727. The topological polar surface area (TPSA) is 52.3 Å². The van der Waals surface area contributed by atoms with Gasteiger partial charge < -0.3 is 10.5 Å². The number of carbonyl (C=O) groups is 1. The molecule has 0 saturated heterocycles. The quantitative estimate of drug-likeness (QED) is 0.592. The summed E-state index contributed by atoms with van der Waals surface area (Å²) >= 11 is 0. The number of hydrogen-bond donors (Lipinski definition) is 1. The molecule has 2 N–H and O–H groups in total. The lowest BCUT2D eigenvalue weighted by atomic mass is 10.0. The maximum atomic E-state index is 12.4. The molecule has 0 heterocycles. The van der Waals surface area contributed by atoms with Crippen LogP contribution in [0.1, 0.15) is 53.4 Å². The summed E-state index contributed by atoms with van der Waals surface area (Å²) < 4.78 is 5.47. The van der Waals surface area contributed by atoms with Gasteiger partial charge in [0.2, 0.25) is 0 Å². The van der Waals surface area contributed by atoms with E-state index in [1.165, 1.54) is 16.7 Å². The van der Waals surface area contributed by atoms with Gasteiger partial charge in [-0.05, 0) is 55.5 Å². The molecule has 0 bridgehead atoms. The molecular weight excluding hydrogens is 274 g/mol. The second-order valence-electron chi connectivity index (χ2n) is 6.80. The van der Waals surface area contributed by atoms with Crippen molar-refractivity contribution in [3.8, 4) is 0 Å². The summed E-state index contributed by atoms with van der Waals surface area (Å²) in [5, 5.41) is 0. The fourth-order valence-electron chi connectivity index (χ4n) is 2.67. The van der Waals surface area contributed by atoms with Gasteiger partial charge in [0.05, 0.1) is 5.56 Å². The van der Waals surface area contributed by atoms with Crippen LogP contribution in [0.25, 0.3) is 0 Å². The zero-order chi connectivity index (χ0) is 15.9. The van der Waals surface area contributed by atoms with Crippen molar-refractivity contribution in [2.75, 3.05) is 5.73 Å². The van der Waals surface area contributed by atoms with Crippen LogP contribution in [0.2, 0.25) is 0 Å². The van der Waals surface area contributed by atoms with Crippen molar-refractivity contribution in [1.29, 1.82) is 0 Å². The smallest absolute Gasteiger partial charge is 0.340 e. The van der Waals surface area contributed by atoms with E-state index in [9.17, 15) is 4.79 Å². The molecular formula is C19H21NO2. The van der Waals surface area contributed by atoms with Gasteiger partial charge in [0.25, 0.3) is 0 Å². The van der Waals surface area contributed by atoms with Crippen molar-refractivity contribution in [3.63, 3.8) is 0 Å². The van der Waals surface area contributed by atoms with Crippen molar-refractivity contribution in [2.24, 2.45) is 0 Å². The Kier molecular flexibility index (Phi) is 3.44. The first kappa shape index (κ1) is 14.6. The molecule has 1 aliphatic carbocycles. The van der Waals surface area contributed by atoms with E-state index < -0.39 is 5.60 Å². The fourth-order valence-corrected chi connectivity index (χ4v) is 2.67. The minimum atomic E-state index is -0.518. The van der Waals surface area contributed by atoms with E-state index in [2.05, 4.69) is 12.1 Å². The number of anilines is 1. The largest absolute Gasteiger partial charge is 0.456 e. The van der Waals surface area contributed by atoms with E-state index in [-0.39, 0.29) is 5.97 Å². The number of esters is 1. The lowest BCUT2D eigenvalue weighted by Crippen LogP contribution is -2.24. The van der Waals surface area contributed by atoms with Gasteiger partial charge in [-0.3, -0.25) is 0 Å². The number of fused-ring (bicyclic) bond motifs is 1. The van der Waals surface area contributed by atoms with Crippen LogP contribution in [-0.4, -0.2) is 11.6 Å². The number of hydrogen-bond acceptors (Lipinski definition) is 3. The SMILES string of the molecule is CC(C)(C)OC(=O)c1cc(Cc2ccccc2)c2c(c1N)C2. The highest BCUT2D eigenvalue weighted by molar-refractivity contribution is 5.98. The predicted molar refractivity (Wildman–Crippen MR) is 88.1 cm³/mol. The molecule has 0 radical (unpaired) electrons. The van der Waals surface area contributed by atoms with E-state index in [4.69, 9.17) is 10.5 Å². The molecule has 22 heavy (non-hydrogen) atoms. The Morgan fingerprint density at radius 2 is 1.86 bits per heavy atom. The second-order valence-corrected chi connectivity index (χ2v) is 6.80. The van der Waals surface area contributed by atoms with Crippen molar-refractivity contribution in [1.82, 2.24) is 0 Å². The highest BCUT2D eigenvalue weighted by Gasteiger charge is 2.30. The summed E-state index contributed by atoms with van der Waals surface area (Å²) in [5.41, 5.74) is 11.5. The van der Waals surface area contributed by atoms with E-state index >= 15 is 0 Å². The average molecular weight is 295 g/mol. The van der Waals surface area contributed by atoms with Crippen LogP contribution in [0.5, 0.6) is 0 Å². The van der Waals surface area contributed by atoms with Gasteiger partial charge in [-0.25, -0.2) is 4.79 Å². The first-order valence-electron chi connectivity index (χ1n) is 7.55. The molecule has 3 rings (SSSR count). The highest BCUT2D eigenvalue weighted by Crippen LogP contribution is 2.40. The minimum Gasteiger partial charge on any atom is -0.456 e. The maximum Gasteiger partial charge on any atom is 0.340 e. The van der Waals surface area contributed by atoms with Gasteiger partial charge in [0.15, 0.2) is 0 Å². The minimum absolute atomic E-state index is 0.339. The summed E-state index contributed by atoms with van der Waals surface area (Å²) in [5.74, 6) is -0.339. The summed E-state index contributed by atoms with van der Waals surface area (Å²) in [6.45, 7) is 5.59. The Morgan fingerprint density at radius 3 is 2.50 bits per heavy atom. The van der Waals surface area contributed by atoms with E-state index in [1.807, 2.05) is 45.0 Å². The Balaban J connectivity index is 1.91. The molecule has 0 spiro atoms. The average Bonchev–Trinajstić information content (AvgIpc) is 3.22. The van der Waals surface area contributed by atoms with E-state index in [0.717, 1.165) is 18.4 Å². The molecule has 3 nitrogen and oxygen atoms in total. The highest BCUT2D eigenvalue weighted by atomic mass is 16.6. The molecule has 0 atom stereocenters. The Labute approximate surface area is 131 Å². The molecule has 0 amide bonds. The number of rotatable bonds is 3. The molecule has 0 aromatic heterocycles. The lowest BCUT2D eigenvalue weighted by molar-refractivity contribution is 0.00707. The van der Waals surface area contributed by atoms with Crippen LogP contribution in [-0.2, 0) is 17.6 Å². The molecule has 1 aliphatic rings. The van der Waals surface area contributed by atoms with Crippen LogP contribution >= 0.6 is 0 Å². The molecule has 2 aromatic carbocycles. The van der Waals surface area contributed by atoms with Crippen LogP contribution in [0.15, 0.2) is 36.4 Å². The molecule has 114 valence electrons. The maximum absolute atomic E-state index is 12.4. The summed E-state index contributed by atoms with van der Waals surface area (Å²) in [6, 6.07) is 12.2. The summed E-state index contributed by atoms with van der Waals surface area (Å²) in [7, 11) is 0. The van der Waals surface area contributed by atoms with Crippen molar-refractivity contribution in [3.05, 3.63) is 64.2 Å². The van der Waals surface area contributed by atoms with Crippen molar-refractivity contribution >= 4 is 11.7 Å². The number of benzene rings is 2. The monoisotopic (exact) mass is 295 g/mol. The first-order valence-corrected chi connectivity index (χ1v) is 7.55. The van der Waals surface area contributed by atoms with Gasteiger partial charge >= 0.3 is 5.97 Å². The van der Waals surface area contributed by atoms with Gasteiger partial charge in [-0.1, -0.05) is 30.3 Å². The number of nitrogens with two attached hydrogens (primary N) is 1.